The molecule has 19 heavy (non-hydrogen) atoms. The highest BCUT2D eigenvalue weighted by Gasteiger charge is 2.18. The quantitative estimate of drug-likeness (QED) is 0.923. The van der Waals surface area contributed by atoms with Crippen molar-refractivity contribution < 1.29 is 9.47 Å². The zero-order valence-electron chi connectivity index (χ0n) is 11.7. The number of rotatable bonds is 4. The predicted octanol–water partition coefficient (Wildman–Crippen LogP) is 2.79. The average Bonchev–Trinajstić information content (AvgIpc) is 2.81. The Labute approximate surface area is 119 Å². The molecule has 0 amide bonds. The van der Waals surface area contributed by atoms with Crippen molar-refractivity contribution in [1.29, 1.82) is 0 Å². The molecule has 1 aromatic rings. The maximum Gasteiger partial charge on any atom is 0.213 e. The monoisotopic (exact) mass is 284 g/mol. The summed E-state index contributed by atoms with van der Waals surface area (Å²) in [6.07, 6.45) is 2.67. The molecule has 2 rings (SSSR count). The molecule has 2 heterocycles. The summed E-state index contributed by atoms with van der Waals surface area (Å²) < 4.78 is 11.1. The summed E-state index contributed by atoms with van der Waals surface area (Å²) in [7, 11) is 0. The lowest BCUT2D eigenvalue weighted by atomic mass is 10.1. The van der Waals surface area contributed by atoms with Crippen LogP contribution in [-0.4, -0.2) is 29.8 Å². The zero-order chi connectivity index (χ0) is 13.9. The van der Waals surface area contributed by atoms with Crippen LogP contribution in [0.25, 0.3) is 0 Å². The maximum atomic E-state index is 6.16. The Morgan fingerprint density at radius 3 is 2.95 bits per heavy atom. The van der Waals surface area contributed by atoms with Gasteiger partial charge < -0.3 is 14.8 Å². The summed E-state index contributed by atoms with van der Waals surface area (Å²) in [5, 5.41) is 4.07. The van der Waals surface area contributed by atoms with Gasteiger partial charge in [0.2, 0.25) is 5.88 Å². The Balaban J connectivity index is 2.01. The number of hydrogen-bond acceptors (Lipinski definition) is 4. The number of nitrogens with zero attached hydrogens (tertiary/aromatic N) is 1. The largest absolute Gasteiger partial charge is 0.472 e. The van der Waals surface area contributed by atoms with Gasteiger partial charge in [-0.3, -0.25) is 0 Å². The summed E-state index contributed by atoms with van der Waals surface area (Å²) >= 11 is 6.16. The molecule has 1 saturated heterocycles. The zero-order valence-corrected chi connectivity index (χ0v) is 12.5. The fourth-order valence-electron chi connectivity index (χ4n) is 1.80. The Kier molecular flexibility index (Phi) is 4.66. The molecule has 1 aliphatic heterocycles. The van der Waals surface area contributed by atoms with Crippen molar-refractivity contribution in [1.82, 2.24) is 10.3 Å². The van der Waals surface area contributed by atoms with E-state index < -0.39 is 0 Å². The second kappa shape index (κ2) is 6.07. The van der Waals surface area contributed by atoms with E-state index in [9.17, 15) is 0 Å². The Morgan fingerprint density at radius 2 is 2.32 bits per heavy atom. The van der Waals surface area contributed by atoms with Crippen molar-refractivity contribution in [3.63, 3.8) is 0 Å². The van der Waals surface area contributed by atoms with Crippen molar-refractivity contribution in [2.24, 2.45) is 0 Å². The van der Waals surface area contributed by atoms with Gasteiger partial charge in [-0.2, -0.15) is 0 Å². The third-order valence-corrected chi connectivity index (χ3v) is 3.23. The van der Waals surface area contributed by atoms with Gasteiger partial charge in [-0.15, -0.1) is 0 Å². The molecule has 1 atom stereocenters. The summed E-state index contributed by atoms with van der Waals surface area (Å²) in [6, 6.07) is 1.90. The van der Waals surface area contributed by atoms with Crippen LogP contribution in [0.15, 0.2) is 12.3 Å². The van der Waals surface area contributed by atoms with Crippen LogP contribution < -0.4 is 10.1 Å². The molecule has 5 heteroatoms. The molecule has 0 bridgehead atoms. The summed E-state index contributed by atoms with van der Waals surface area (Å²) in [6.45, 7) is 8.46. The molecule has 0 aliphatic carbocycles. The Morgan fingerprint density at radius 1 is 1.53 bits per heavy atom. The first-order valence-electron chi connectivity index (χ1n) is 6.58. The van der Waals surface area contributed by atoms with Crippen LogP contribution in [0.1, 0.15) is 32.8 Å². The first-order chi connectivity index (χ1) is 8.94. The number of halogens is 1. The van der Waals surface area contributed by atoms with E-state index in [0.29, 0.717) is 24.1 Å². The van der Waals surface area contributed by atoms with E-state index in [-0.39, 0.29) is 11.6 Å². The van der Waals surface area contributed by atoms with Crippen LogP contribution in [0.5, 0.6) is 5.88 Å². The number of pyridine rings is 1. The Hall–Kier alpha value is -0.840. The van der Waals surface area contributed by atoms with E-state index in [1.807, 2.05) is 6.07 Å². The minimum atomic E-state index is 0.0485. The highest BCUT2D eigenvalue weighted by molar-refractivity contribution is 6.31. The number of hydrogen-bond donors (Lipinski definition) is 1. The van der Waals surface area contributed by atoms with E-state index in [2.05, 4.69) is 31.1 Å². The highest BCUT2D eigenvalue weighted by Crippen LogP contribution is 2.22. The van der Waals surface area contributed by atoms with Gasteiger partial charge in [-0.05, 0) is 26.3 Å². The highest BCUT2D eigenvalue weighted by atomic mass is 35.5. The SMILES string of the molecule is CC(C)(C)NCc1cc(OC2CCOC2)ncc1Cl. The van der Waals surface area contributed by atoms with Gasteiger partial charge in [0.05, 0.1) is 18.2 Å². The van der Waals surface area contributed by atoms with Crippen molar-refractivity contribution >= 4 is 11.6 Å². The predicted molar refractivity (Wildman–Crippen MR) is 75.7 cm³/mol. The molecule has 106 valence electrons. The normalized spacial score (nSPS) is 19.7. The molecule has 1 N–H and O–H groups in total. The van der Waals surface area contributed by atoms with Crippen LogP contribution in [0.3, 0.4) is 0 Å². The first kappa shape index (κ1) is 14.6. The standard InChI is InChI=1S/C14H21ClN2O2/c1-14(2,3)17-7-10-6-13(16-8-12(10)15)19-11-4-5-18-9-11/h6,8,11,17H,4-5,7,9H2,1-3H3. The van der Waals surface area contributed by atoms with Gasteiger partial charge in [0, 0.05) is 30.8 Å². The minimum absolute atomic E-state index is 0.0485. The topological polar surface area (TPSA) is 43.4 Å². The fraction of sp³-hybridized carbons (Fsp3) is 0.643. The molecule has 0 spiro atoms. The average molecular weight is 285 g/mol. The third kappa shape index (κ3) is 4.64. The lowest BCUT2D eigenvalue weighted by Crippen LogP contribution is -2.35. The lowest BCUT2D eigenvalue weighted by molar-refractivity contribution is 0.138. The van der Waals surface area contributed by atoms with E-state index in [4.69, 9.17) is 21.1 Å². The molecule has 0 radical (unpaired) electrons. The molecule has 1 fully saturated rings. The van der Waals surface area contributed by atoms with E-state index >= 15 is 0 Å². The smallest absolute Gasteiger partial charge is 0.213 e. The van der Waals surface area contributed by atoms with E-state index in [1.54, 1.807) is 6.20 Å². The van der Waals surface area contributed by atoms with E-state index in [1.165, 1.54) is 0 Å². The summed E-state index contributed by atoms with van der Waals surface area (Å²) in [5.74, 6) is 0.616. The molecular formula is C14H21ClN2O2. The van der Waals surface area contributed by atoms with Crippen molar-refractivity contribution in [3.8, 4) is 5.88 Å². The maximum absolute atomic E-state index is 6.16. The fourth-order valence-corrected chi connectivity index (χ4v) is 1.97. The van der Waals surface area contributed by atoms with Crippen molar-refractivity contribution in [2.45, 2.75) is 45.4 Å². The molecule has 4 nitrogen and oxygen atoms in total. The molecule has 1 unspecified atom stereocenters. The van der Waals surface area contributed by atoms with Gasteiger partial charge in [0.25, 0.3) is 0 Å². The summed E-state index contributed by atoms with van der Waals surface area (Å²) in [5.41, 5.74) is 1.05. The molecule has 1 aromatic heterocycles. The van der Waals surface area contributed by atoms with Crippen molar-refractivity contribution in [2.75, 3.05) is 13.2 Å². The minimum Gasteiger partial charge on any atom is -0.472 e. The number of ether oxygens (including phenoxy) is 2. The third-order valence-electron chi connectivity index (χ3n) is 2.89. The second-order valence-electron chi connectivity index (χ2n) is 5.82. The molecular weight excluding hydrogens is 264 g/mol. The summed E-state index contributed by atoms with van der Waals surface area (Å²) in [4.78, 5) is 4.21. The van der Waals surface area contributed by atoms with Crippen molar-refractivity contribution in [3.05, 3.63) is 22.8 Å². The lowest BCUT2D eigenvalue weighted by Gasteiger charge is -2.21. The van der Waals surface area contributed by atoms with Gasteiger partial charge in [-0.25, -0.2) is 4.98 Å². The Bertz CT molecular complexity index is 426. The van der Waals surface area contributed by atoms with Gasteiger partial charge >= 0.3 is 0 Å². The van der Waals surface area contributed by atoms with Gasteiger partial charge in [-0.1, -0.05) is 11.6 Å². The van der Waals surface area contributed by atoms with Crippen LogP contribution in [0.2, 0.25) is 5.02 Å². The van der Waals surface area contributed by atoms with Crippen LogP contribution >= 0.6 is 11.6 Å². The molecule has 0 saturated carbocycles. The van der Waals surface area contributed by atoms with Gasteiger partial charge in [0.1, 0.15) is 6.10 Å². The molecule has 0 aromatic carbocycles. The van der Waals surface area contributed by atoms with Crippen LogP contribution in [-0.2, 0) is 11.3 Å². The number of aromatic nitrogens is 1. The van der Waals surface area contributed by atoms with Crippen LogP contribution in [0, 0.1) is 0 Å². The first-order valence-corrected chi connectivity index (χ1v) is 6.96. The molecule has 1 aliphatic rings. The van der Waals surface area contributed by atoms with Crippen LogP contribution in [0.4, 0.5) is 0 Å². The van der Waals surface area contributed by atoms with E-state index in [0.717, 1.165) is 18.6 Å². The second-order valence-corrected chi connectivity index (χ2v) is 6.23. The number of nitrogens with one attached hydrogen (secondary N) is 1. The van der Waals surface area contributed by atoms with Gasteiger partial charge in [0.15, 0.2) is 0 Å².